The number of aromatic amines is 1. The van der Waals surface area contributed by atoms with Crippen LogP contribution in [0.1, 0.15) is 53.3 Å². The highest BCUT2D eigenvalue weighted by Crippen LogP contribution is 2.50. The van der Waals surface area contributed by atoms with Gasteiger partial charge in [0.05, 0.1) is 12.0 Å². The number of rotatable bonds is 6. The lowest BCUT2D eigenvalue weighted by atomic mass is 9.92. The summed E-state index contributed by atoms with van der Waals surface area (Å²) >= 11 is 0. The second-order valence-electron chi connectivity index (χ2n) is 13.1. The highest BCUT2D eigenvalue weighted by molar-refractivity contribution is 7.90. The molecule has 0 unspecified atom stereocenters. The van der Waals surface area contributed by atoms with Crippen molar-refractivity contribution in [3.63, 3.8) is 0 Å². The van der Waals surface area contributed by atoms with E-state index in [9.17, 15) is 18.0 Å². The van der Waals surface area contributed by atoms with Crippen molar-refractivity contribution in [1.29, 1.82) is 0 Å². The minimum absolute atomic E-state index is 0.0430. The Bertz CT molecular complexity index is 1290. The summed E-state index contributed by atoms with van der Waals surface area (Å²) in [6.07, 6.45) is -0.0926. The Morgan fingerprint density at radius 1 is 1.05 bits per heavy atom. The molecule has 0 amide bonds. The molecule has 2 aliphatic heterocycles. The smallest absolute Gasteiger partial charge is 0.330 e. The number of ether oxygens (including phenoxy) is 1. The van der Waals surface area contributed by atoms with Crippen LogP contribution in [0.4, 0.5) is 0 Å². The van der Waals surface area contributed by atoms with Gasteiger partial charge in [0.25, 0.3) is 15.7 Å². The molecule has 210 valence electrons. The normalized spacial score (nSPS) is 28.4. The molecule has 0 radical (unpaired) electrons. The summed E-state index contributed by atoms with van der Waals surface area (Å²) in [5, 5.41) is 0.684. The van der Waals surface area contributed by atoms with Crippen molar-refractivity contribution >= 4 is 26.8 Å². The molecule has 1 saturated heterocycles. The maximum absolute atomic E-state index is 13.0. The summed E-state index contributed by atoms with van der Waals surface area (Å²) in [5.41, 5.74) is -2.44. The summed E-state index contributed by atoms with van der Waals surface area (Å²) in [7, 11) is -8.84. The molecule has 0 bridgehead atoms. The van der Waals surface area contributed by atoms with Crippen LogP contribution in [0.5, 0.6) is 0 Å². The predicted molar refractivity (Wildman–Crippen MR) is 147 cm³/mol. The Morgan fingerprint density at radius 2 is 1.62 bits per heavy atom. The van der Waals surface area contributed by atoms with Crippen molar-refractivity contribution < 1.29 is 26.2 Å². The highest BCUT2D eigenvalue weighted by Gasteiger charge is 2.64. The summed E-state index contributed by atoms with van der Waals surface area (Å²) in [4.78, 5) is 27.4. The Hall–Kier alpha value is -1.36. The molecule has 0 saturated carbocycles. The van der Waals surface area contributed by atoms with Crippen LogP contribution >= 0.6 is 0 Å². The zero-order valence-electron chi connectivity index (χ0n) is 23.8. The standard InChI is InChI=1S/C24H42N2O8SSi2/c1-16-14-26(21(28)25-19(16)27)20-18(33-37(10,11)23(5,6)7)24(12-13-35(29,30)34-24)17(32-20)15-31-36(8,9)22(2,3)4/h12-14,17-18,20H,15H2,1-11H3,(H,25,27,28)/t17-,18+,20-,24-/m1/s1. The summed E-state index contributed by atoms with van der Waals surface area (Å²) in [6, 6.07) is 0. The first-order valence-electron chi connectivity index (χ1n) is 12.5. The van der Waals surface area contributed by atoms with Gasteiger partial charge in [-0.2, -0.15) is 8.42 Å². The van der Waals surface area contributed by atoms with E-state index in [2.05, 4.69) is 59.6 Å². The van der Waals surface area contributed by atoms with Crippen molar-refractivity contribution in [2.45, 2.75) is 109 Å². The molecule has 2 aliphatic rings. The van der Waals surface area contributed by atoms with Crippen molar-refractivity contribution in [3.8, 4) is 0 Å². The van der Waals surface area contributed by atoms with Crippen molar-refractivity contribution in [2.24, 2.45) is 0 Å². The molecule has 0 aliphatic carbocycles. The third-order valence-electron chi connectivity index (χ3n) is 8.32. The largest absolute Gasteiger partial charge is 0.414 e. The number of hydrogen-bond donors (Lipinski definition) is 1. The van der Waals surface area contributed by atoms with Crippen LogP contribution in [-0.2, 0) is 27.9 Å². The van der Waals surface area contributed by atoms with E-state index in [1.165, 1.54) is 16.8 Å². The SMILES string of the molecule is Cc1cn([C@@H]2O[C@H](CO[Si](C)(C)C(C)(C)C)[C@]3(C=CS(=O)(=O)O3)[C@H]2O[Si](C)(C)C(C)(C)C)c(=O)[nH]c1=O. The average Bonchev–Trinajstić information content (AvgIpc) is 3.18. The molecule has 10 nitrogen and oxygen atoms in total. The molecule has 3 rings (SSSR count). The Morgan fingerprint density at radius 3 is 2.11 bits per heavy atom. The fourth-order valence-electron chi connectivity index (χ4n) is 3.80. The zero-order chi connectivity index (χ0) is 28.4. The van der Waals surface area contributed by atoms with Gasteiger partial charge in [0.2, 0.25) is 0 Å². The lowest BCUT2D eigenvalue weighted by Gasteiger charge is -2.43. The van der Waals surface area contributed by atoms with Gasteiger partial charge in [0, 0.05) is 11.8 Å². The van der Waals surface area contributed by atoms with E-state index < -0.39 is 62.0 Å². The lowest BCUT2D eigenvalue weighted by Crippen LogP contribution is -2.56. The second kappa shape index (κ2) is 9.38. The molecule has 1 aromatic rings. The minimum Gasteiger partial charge on any atom is -0.414 e. The van der Waals surface area contributed by atoms with Crippen LogP contribution < -0.4 is 11.2 Å². The highest BCUT2D eigenvalue weighted by atomic mass is 32.2. The van der Waals surface area contributed by atoms with Crippen molar-refractivity contribution in [3.05, 3.63) is 44.1 Å². The molecular formula is C24H42N2O8SSi2. The summed E-state index contributed by atoms with van der Waals surface area (Å²) in [6.45, 7) is 22.4. The van der Waals surface area contributed by atoms with E-state index in [0.717, 1.165) is 5.41 Å². The molecule has 3 heterocycles. The number of H-pyrrole nitrogens is 1. The molecule has 1 spiro atoms. The van der Waals surface area contributed by atoms with Crippen LogP contribution in [-0.4, -0.2) is 59.0 Å². The van der Waals surface area contributed by atoms with Crippen molar-refractivity contribution in [2.75, 3.05) is 6.61 Å². The monoisotopic (exact) mass is 574 g/mol. The molecule has 1 N–H and O–H groups in total. The number of nitrogens with zero attached hydrogens (tertiary/aromatic N) is 1. The van der Waals surface area contributed by atoms with Gasteiger partial charge in [-0.3, -0.25) is 18.5 Å². The quantitative estimate of drug-likeness (QED) is 0.402. The van der Waals surface area contributed by atoms with Crippen LogP contribution in [0.25, 0.3) is 0 Å². The Labute approximate surface area is 221 Å². The van der Waals surface area contributed by atoms with Gasteiger partial charge in [-0.1, -0.05) is 41.5 Å². The second-order valence-corrected chi connectivity index (χ2v) is 24.1. The third kappa shape index (κ3) is 5.68. The molecule has 1 fully saturated rings. The van der Waals surface area contributed by atoms with Gasteiger partial charge in [-0.15, -0.1) is 0 Å². The maximum Gasteiger partial charge on any atom is 0.330 e. The van der Waals surface area contributed by atoms with Crippen LogP contribution in [0.15, 0.2) is 27.3 Å². The minimum atomic E-state index is -4.02. The number of hydrogen-bond acceptors (Lipinski definition) is 8. The summed E-state index contributed by atoms with van der Waals surface area (Å²) < 4.78 is 52.0. The fourth-order valence-corrected chi connectivity index (χ4v) is 7.19. The first kappa shape index (κ1) is 30.2. The fraction of sp³-hybridized carbons (Fsp3) is 0.750. The third-order valence-corrected chi connectivity index (χ3v) is 18.3. The van der Waals surface area contributed by atoms with Crippen LogP contribution in [0.3, 0.4) is 0 Å². The van der Waals surface area contributed by atoms with Gasteiger partial charge < -0.3 is 13.6 Å². The van der Waals surface area contributed by atoms with E-state index >= 15 is 0 Å². The molecule has 13 heteroatoms. The maximum atomic E-state index is 13.0. The Balaban J connectivity index is 2.18. The molecule has 1 aromatic heterocycles. The van der Waals surface area contributed by atoms with Gasteiger partial charge in [0.1, 0.15) is 12.2 Å². The first-order valence-corrected chi connectivity index (χ1v) is 19.8. The van der Waals surface area contributed by atoms with E-state index in [4.69, 9.17) is 17.8 Å². The van der Waals surface area contributed by atoms with Crippen LogP contribution in [0, 0.1) is 6.92 Å². The van der Waals surface area contributed by atoms with E-state index in [1.54, 1.807) is 6.92 Å². The van der Waals surface area contributed by atoms with E-state index in [0.29, 0.717) is 5.56 Å². The van der Waals surface area contributed by atoms with Gasteiger partial charge in [-0.05, 0) is 49.3 Å². The molecule has 37 heavy (non-hydrogen) atoms. The number of aromatic nitrogens is 2. The Kier molecular flexibility index (Phi) is 7.66. The topological polar surface area (TPSA) is 126 Å². The summed E-state index contributed by atoms with van der Waals surface area (Å²) in [5.74, 6) is 0. The first-order chi connectivity index (χ1) is 16.5. The van der Waals surface area contributed by atoms with Gasteiger partial charge in [-0.25, -0.2) is 4.79 Å². The van der Waals surface area contributed by atoms with E-state index in [-0.39, 0.29) is 16.7 Å². The molecule has 4 atom stereocenters. The lowest BCUT2D eigenvalue weighted by molar-refractivity contribution is -0.0547. The van der Waals surface area contributed by atoms with Gasteiger partial charge in [0.15, 0.2) is 28.5 Å². The molecule has 0 aromatic carbocycles. The van der Waals surface area contributed by atoms with Crippen molar-refractivity contribution in [1.82, 2.24) is 9.55 Å². The number of nitrogens with one attached hydrogen (secondary N) is 1. The van der Waals surface area contributed by atoms with Gasteiger partial charge >= 0.3 is 5.69 Å². The van der Waals surface area contributed by atoms with E-state index in [1.807, 2.05) is 13.1 Å². The predicted octanol–water partition coefficient (Wildman–Crippen LogP) is 3.77. The zero-order valence-corrected chi connectivity index (χ0v) is 26.6. The van der Waals surface area contributed by atoms with Crippen LogP contribution in [0.2, 0.25) is 36.3 Å². The molecular weight excluding hydrogens is 533 g/mol. The number of aryl methyl sites for hydroxylation is 1. The average molecular weight is 575 g/mol.